The van der Waals surface area contributed by atoms with Crippen LogP contribution in [0, 0.1) is 0 Å². The lowest BCUT2D eigenvalue weighted by Gasteiger charge is -2.24. The Balaban J connectivity index is 2.68. The Labute approximate surface area is 136 Å². The molecule has 0 radical (unpaired) electrons. The van der Waals surface area contributed by atoms with E-state index in [2.05, 4.69) is 42.5 Å². The fourth-order valence-electron chi connectivity index (χ4n) is 1.51. The number of rotatable bonds is 6. The van der Waals surface area contributed by atoms with E-state index in [-0.39, 0.29) is 18.0 Å². The summed E-state index contributed by atoms with van der Waals surface area (Å²) >= 11 is 6.86. The first kappa shape index (κ1) is 17.3. The minimum absolute atomic E-state index is 0.0364. The third-order valence-electron chi connectivity index (χ3n) is 3.04. The van der Waals surface area contributed by atoms with Crippen molar-refractivity contribution >= 4 is 43.5 Å². The Kier molecular flexibility index (Phi) is 6.33. The third kappa shape index (κ3) is 4.98. The standard InChI is InChI=1S/C14H20Br2N2O2/c1-5-14(2,3)18-13(19)8-17-11-7-12(20-4)10(16)6-9(11)15/h6-7,17H,5,8H2,1-4H3,(H,18,19). The first-order valence-electron chi connectivity index (χ1n) is 6.37. The van der Waals surface area contributed by atoms with Crippen LogP contribution >= 0.6 is 31.9 Å². The van der Waals surface area contributed by atoms with Crippen LogP contribution in [0.3, 0.4) is 0 Å². The van der Waals surface area contributed by atoms with Gasteiger partial charge in [-0.3, -0.25) is 4.79 Å². The highest BCUT2D eigenvalue weighted by Gasteiger charge is 2.17. The monoisotopic (exact) mass is 406 g/mol. The Morgan fingerprint density at radius 3 is 2.50 bits per heavy atom. The molecule has 0 aliphatic heterocycles. The van der Waals surface area contributed by atoms with E-state index < -0.39 is 0 Å². The molecule has 0 atom stereocenters. The number of hydrogen-bond acceptors (Lipinski definition) is 3. The Bertz CT molecular complexity index is 490. The van der Waals surface area contributed by atoms with Gasteiger partial charge in [0.2, 0.25) is 5.91 Å². The van der Waals surface area contributed by atoms with Crippen LogP contribution in [-0.2, 0) is 4.79 Å². The second-order valence-electron chi connectivity index (χ2n) is 5.11. The zero-order chi connectivity index (χ0) is 15.3. The lowest BCUT2D eigenvalue weighted by molar-refractivity contribution is -0.121. The van der Waals surface area contributed by atoms with E-state index in [9.17, 15) is 4.79 Å². The van der Waals surface area contributed by atoms with Crippen molar-refractivity contribution in [3.8, 4) is 5.75 Å². The van der Waals surface area contributed by atoms with E-state index in [0.29, 0.717) is 5.75 Å². The first-order chi connectivity index (χ1) is 9.29. The number of benzene rings is 1. The van der Waals surface area contributed by atoms with Gasteiger partial charge in [-0.1, -0.05) is 6.92 Å². The highest BCUT2D eigenvalue weighted by molar-refractivity contribution is 9.11. The van der Waals surface area contributed by atoms with Crippen LogP contribution < -0.4 is 15.4 Å². The number of hydrogen-bond donors (Lipinski definition) is 2. The van der Waals surface area contributed by atoms with Gasteiger partial charge in [0.05, 0.1) is 23.8 Å². The van der Waals surface area contributed by atoms with Crippen LogP contribution in [0.1, 0.15) is 27.2 Å². The molecule has 0 saturated carbocycles. The van der Waals surface area contributed by atoms with Gasteiger partial charge >= 0.3 is 0 Å². The minimum atomic E-state index is -0.187. The molecule has 0 aromatic heterocycles. The van der Waals surface area contributed by atoms with E-state index in [1.165, 1.54) is 0 Å². The average Bonchev–Trinajstić information content (AvgIpc) is 2.37. The van der Waals surface area contributed by atoms with Crippen molar-refractivity contribution < 1.29 is 9.53 Å². The molecule has 0 fully saturated rings. The smallest absolute Gasteiger partial charge is 0.239 e. The summed E-state index contributed by atoms with van der Waals surface area (Å²) in [6.45, 7) is 6.27. The SMILES string of the molecule is CCC(C)(C)NC(=O)CNc1cc(OC)c(Br)cc1Br. The van der Waals surface area contributed by atoms with E-state index in [1.807, 2.05) is 32.9 Å². The maximum atomic E-state index is 11.9. The fourth-order valence-corrected chi connectivity index (χ4v) is 2.80. The zero-order valence-corrected chi connectivity index (χ0v) is 15.3. The van der Waals surface area contributed by atoms with E-state index >= 15 is 0 Å². The van der Waals surface area contributed by atoms with Crippen molar-refractivity contribution in [1.29, 1.82) is 0 Å². The third-order valence-corrected chi connectivity index (χ3v) is 4.32. The first-order valence-corrected chi connectivity index (χ1v) is 7.95. The number of carbonyl (C=O) groups excluding carboxylic acids is 1. The molecule has 0 spiro atoms. The molecule has 1 amide bonds. The summed E-state index contributed by atoms with van der Waals surface area (Å²) in [5.41, 5.74) is 0.627. The quantitative estimate of drug-likeness (QED) is 0.750. The molecule has 0 aliphatic rings. The number of halogens is 2. The van der Waals surface area contributed by atoms with E-state index in [1.54, 1.807) is 7.11 Å². The van der Waals surface area contributed by atoms with E-state index in [4.69, 9.17) is 4.74 Å². The normalized spacial score (nSPS) is 11.1. The Morgan fingerprint density at radius 2 is 1.95 bits per heavy atom. The molecule has 0 saturated heterocycles. The maximum absolute atomic E-state index is 11.9. The van der Waals surface area contributed by atoms with Crippen molar-refractivity contribution in [2.75, 3.05) is 19.0 Å². The van der Waals surface area contributed by atoms with Crippen LogP contribution in [0.5, 0.6) is 5.75 Å². The molecule has 6 heteroatoms. The van der Waals surface area contributed by atoms with Gasteiger partial charge in [0.1, 0.15) is 5.75 Å². The van der Waals surface area contributed by atoms with Crippen LogP contribution in [-0.4, -0.2) is 25.1 Å². The molecule has 112 valence electrons. The van der Waals surface area contributed by atoms with Gasteiger partial charge in [0, 0.05) is 16.1 Å². The number of anilines is 1. The summed E-state index contributed by atoms with van der Waals surface area (Å²) in [4.78, 5) is 11.9. The van der Waals surface area contributed by atoms with Gasteiger partial charge in [-0.25, -0.2) is 0 Å². The molecular formula is C14H20Br2N2O2. The predicted molar refractivity (Wildman–Crippen MR) is 89.4 cm³/mol. The van der Waals surface area contributed by atoms with Gasteiger partial charge in [-0.15, -0.1) is 0 Å². The summed E-state index contributed by atoms with van der Waals surface area (Å²) in [6.07, 6.45) is 0.883. The second kappa shape index (κ2) is 7.31. The predicted octanol–water partition coefficient (Wildman–Crippen LogP) is 3.94. The van der Waals surface area contributed by atoms with Crippen molar-refractivity contribution in [2.45, 2.75) is 32.7 Å². The Hall–Kier alpha value is -0.750. The van der Waals surface area contributed by atoms with Crippen molar-refractivity contribution in [3.63, 3.8) is 0 Å². The maximum Gasteiger partial charge on any atom is 0.239 e. The van der Waals surface area contributed by atoms with E-state index in [0.717, 1.165) is 21.1 Å². The van der Waals surface area contributed by atoms with Crippen LogP contribution in [0.15, 0.2) is 21.1 Å². The number of nitrogens with one attached hydrogen (secondary N) is 2. The second-order valence-corrected chi connectivity index (χ2v) is 6.81. The molecule has 0 heterocycles. The molecule has 0 unspecified atom stereocenters. The molecule has 1 aromatic rings. The van der Waals surface area contributed by atoms with Crippen LogP contribution in [0.25, 0.3) is 0 Å². The van der Waals surface area contributed by atoms with Crippen molar-refractivity contribution in [2.24, 2.45) is 0 Å². The summed E-state index contributed by atoms with van der Waals surface area (Å²) in [6, 6.07) is 3.72. The average molecular weight is 408 g/mol. The molecule has 0 aliphatic carbocycles. The number of amides is 1. The number of methoxy groups -OCH3 is 1. The van der Waals surface area contributed by atoms with Crippen LogP contribution in [0.4, 0.5) is 5.69 Å². The number of carbonyl (C=O) groups is 1. The lowest BCUT2D eigenvalue weighted by atomic mass is 10.0. The van der Waals surface area contributed by atoms with Gasteiger partial charge in [0.25, 0.3) is 0 Å². The summed E-state index contributed by atoms with van der Waals surface area (Å²) in [7, 11) is 1.61. The molecule has 1 aromatic carbocycles. The molecule has 0 bridgehead atoms. The molecule has 20 heavy (non-hydrogen) atoms. The largest absolute Gasteiger partial charge is 0.495 e. The molecule has 4 nitrogen and oxygen atoms in total. The topological polar surface area (TPSA) is 50.4 Å². The summed E-state index contributed by atoms with van der Waals surface area (Å²) in [5, 5.41) is 6.08. The van der Waals surface area contributed by atoms with Crippen molar-refractivity contribution in [3.05, 3.63) is 21.1 Å². The summed E-state index contributed by atoms with van der Waals surface area (Å²) in [5.74, 6) is 0.677. The van der Waals surface area contributed by atoms with Gasteiger partial charge in [-0.05, 0) is 58.2 Å². The highest BCUT2D eigenvalue weighted by atomic mass is 79.9. The highest BCUT2D eigenvalue weighted by Crippen LogP contribution is 2.34. The van der Waals surface area contributed by atoms with Crippen LogP contribution in [0.2, 0.25) is 0 Å². The molecular weight excluding hydrogens is 388 g/mol. The molecule has 1 rings (SSSR count). The Morgan fingerprint density at radius 1 is 1.30 bits per heavy atom. The van der Waals surface area contributed by atoms with Gasteiger partial charge in [-0.2, -0.15) is 0 Å². The minimum Gasteiger partial charge on any atom is -0.495 e. The lowest BCUT2D eigenvalue weighted by Crippen LogP contribution is -2.45. The fraction of sp³-hybridized carbons (Fsp3) is 0.500. The summed E-state index contributed by atoms with van der Waals surface area (Å²) < 4.78 is 6.96. The zero-order valence-electron chi connectivity index (χ0n) is 12.1. The van der Waals surface area contributed by atoms with Gasteiger partial charge in [0.15, 0.2) is 0 Å². The number of ether oxygens (including phenoxy) is 1. The molecule has 2 N–H and O–H groups in total. The van der Waals surface area contributed by atoms with Gasteiger partial charge < -0.3 is 15.4 Å². The van der Waals surface area contributed by atoms with Crippen molar-refractivity contribution in [1.82, 2.24) is 5.32 Å².